The molecule has 0 aromatic rings. The summed E-state index contributed by atoms with van der Waals surface area (Å²) in [5, 5.41) is 1.62. The van der Waals surface area contributed by atoms with Gasteiger partial charge in [0.25, 0.3) is 0 Å². The molecule has 0 radical (unpaired) electrons. The quantitative estimate of drug-likeness (QED) is 0.448. The Bertz CT molecular complexity index is 149. The van der Waals surface area contributed by atoms with Crippen LogP contribution < -0.4 is 5.73 Å². The van der Waals surface area contributed by atoms with Gasteiger partial charge in [-0.3, -0.25) is 9.63 Å². The lowest BCUT2D eigenvalue weighted by molar-refractivity contribution is -0.126. The van der Waals surface area contributed by atoms with E-state index in [2.05, 4.69) is 6.92 Å². The number of carbonyl (C=O) groups excluding carboxylic acids is 1. The lowest BCUT2D eigenvalue weighted by atomic mass is 10.4. The van der Waals surface area contributed by atoms with Gasteiger partial charge in [-0.15, -0.1) is 0 Å². The van der Waals surface area contributed by atoms with E-state index in [4.69, 9.17) is 10.6 Å². The molecule has 2 N–H and O–H groups in total. The molecule has 4 heteroatoms. The monoisotopic (exact) mass is 158 g/mol. The fourth-order valence-corrected chi connectivity index (χ4v) is 0.824. The van der Waals surface area contributed by atoms with Gasteiger partial charge in [-0.2, -0.15) is 5.06 Å². The van der Waals surface area contributed by atoms with E-state index in [-0.39, 0.29) is 11.9 Å². The maximum atomic E-state index is 10.5. The van der Waals surface area contributed by atoms with E-state index in [9.17, 15) is 4.79 Å². The number of hydrogen-bond acceptors (Lipinski definition) is 3. The van der Waals surface area contributed by atoms with Crippen molar-refractivity contribution in [1.29, 1.82) is 0 Å². The van der Waals surface area contributed by atoms with Gasteiger partial charge < -0.3 is 5.73 Å². The second-order valence-electron chi connectivity index (χ2n) is 2.70. The Hall–Kier alpha value is -0.610. The Morgan fingerprint density at radius 2 is 2.55 bits per heavy atom. The van der Waals surface area contributed by atoms with Crippen molar-refractivity contribution in [2.24, 2.45) is 5.73 Å². The summed E-state index contributed by atoms with van der Waals surface area (Å²) in [6.45, 7) is 3.45. The molecule has 0 aromatic carbocycles. The molecule has 1 saturated heterocycles. The highest BCUT2D eigenvalue weighted by molar-refractivity contribution is 5.82. The number of unbranched alkanes of at least 4 members (excludes halogenated alkanes) is 1. The van der Waals surface area contributed by atoms with Crippen molar-refractivity contribution in [3.8, 4) is 0 Å². The number of hydrogen-bond donors (Lipinski definition) is 1. The molecule has 1 rings (SSSR count). The summed E-state index contributed by atoms with van der Waals surface area (Å²) in [7, 11) is 0. The van der Waals surface area contributed by atoms with Gasteiger partial charge in [-0.25, -0.2) is 0 Å². The second-order valence-corrected chi connectivity index (χ2v) is 2.70. The average molecular weight is 158 g/mol. The summed E-state index contributed by atoms with van der Waals surface area (Å²) in [6.07, 6.45) is 2.14. The number of primary amides is 1. The van der Waals surface area contributed by atoms with E-state index in [1.165, 1.54) is 0 Å². The minimum Gasteiger partial charge on any atom is -0.368 e. The molecule has 11 heavy (non-hydrogen) atoms. The molecule has 1 fully saturated rings. The molecule has 0 bridgehead atoms. The molecule has 1 aliphatic rings. The highest BCUT2D eigenvalue weighted by atomic mass is 16.7. The van der Waals surface area contributed by atoms with Crippen LogP contribution in [-0.2, 0) is 9.63 Å². The van der Waals surface area contributed by atoms with E-state index in [0.717, 1.165) is 12.8 Å². The van der Waals surface area contributed by atoms with Gasteiger partial charge in [0, 0.05) is 0 Å². The van der Waals surface area contributed by atoms with Crippen LogP contribution in [-0.4, -0.2) is 30.2 Å². The Labute approximate surface area is 66.3 Å². The highest BCUT2D eigenvalue weighted by Crippen LogP contribution is 2.16. The summed E-state index contributed by atoms with van der Waals surface area (Å²) < 4.78 is 0. The van der Waals surface area contributed by atoms with Crippen LogP contribution in [0.2, 0.25) is 0 Å². The van der Waals surface area contributed by atoms with Crippen LogP contribution in [0.3, 0.4) is 0 Å². The number of hydroxylamine groups is 2. The molecule has 1 aliphatic heterocycles. The van der Waals surface area contributed by atoms with Crippen LogP contribution in [0.5, 0.6) is 0 Å². The zero-order chi connectivity index (χ0) is 8.27. The molecule has 64 valence electrons. The Kier molecular flexibility index (Phi) is 2.84. The van der Waals surface area contributed by atoms with Gasteiger partial charge in [0.05, 0.1) is 13.2 Å². The van der Waals surface area contributed by atoms with Crippen LogP contribution in [0.25, 0.3) is 0 Å². The van der Waals surface area contributed by atoms with Gasteiger partial charge in [-0.05, 0) is 6.42 Å². The molecule has 2 unspecified atom stereocenters. The first-order valence-electron chi connectivity index (χ1n) is 3.94. The Morgan fingerprint density at radius 3 is 3.00 bits per heavy atom. The maximum Gasteiger partial charge on any atom is 0.238 e. The van der Waals surface area contributed by atoms with Crippen LogP contribution in [0, 0.1) is 0 Å². The molecule has 4 nitrogen and oxygen atoms in total. The maximum absolute atomic E-state index is 10.5. The topological polar surface area (TPSA) is 55.3 Å². The number of carbonyl (C=O) groups is 1. The number of amides is 1. The third-order valence-corrected chi connectivity index (χ3v) is 1.65. The fraction of sp³-hybridized carbons (Fsp3) is 0.857. The summed E-state index contributed by atoms with van der Waals surface area (Å²) in [5.41, 5.74) is 5.03. The van der Waals surface area contributed by atoms with Crippen molar-refractivity contribution in [3.63, 3.8) is 0 Å². The summed E-state index contributed by atoms with van der Waals surface area (Å²) in [4.78, 5) is 15.7. The first kappa shape index (κ1) is 8.49. The number of nitrogens with two attached hydrogens (primary N) is 1. The molecule has 2 atom stereocenters. The molecule has 1 heterocycles. The van der Waals surface area contributed by atoms with Crippen molar-refractivity contribution in [2.75, 3.05) is 13.2 Å². The van der Waals surface area contributed by atoms with Crippen molar-refractivity contribution in [2.45, 2.75) is 25.8 Å². The summed E-state index contributed by atoms with van der Waals surface area (Å²) in [6, 6.07) is -0.160. The minimum atomic E-state index is -0.290. The first-order valence-corrected chi connectivity index (χ1v) is 3.94. The summed E-state index contributed by atoms with van der Waals surface area (Å²) in [5.74, 6) is -0.290. The van der Waals surface area contributed by atoms with Crippen molar-refractivity contribution in [1.82, 2.24) is 5.06 Å². The Balaban J connectivity index is 2.00. The molecular weight excluding hydrogens is 144 g/mol. The molecule has 0 aromatic heterocycles. The normalized spacial score (nSPS) is 28.5. The van der Waals surface area contributed by atoms with Crippen molar-refractivity contribution >= 4 is 5.91 Å². The standard InChI is InChI=1S/C7H14N2O2/c1-2-3-4-11-9-5-6(9)7(8)10/h6H,2-5H2,1H3,(H2,8,10). The summed E-state index contributed by atoms with van der Waals surface area (Å²) >= 11 is 0. The highest BCUT2D eigenvalue weighted by Gasteiger charge is 2.40. The fourth-order valence-electron chi connectivity index (χ4n) is 0.824. The smallest absolute Gasteiger partial charge is 0.238 e. The predicted octanol–water partition coefficient (Wildman–Crippen LogP) is -0.112. The second kappa shape index (κ2) is 3.69. The molecule has 0 spiro atoms. The average Bonchev–Trinajstić information content (AvgIpc) is 2.68. The molecule has 0 saturated carbocycles. The van der Waals surface area contributed by atoms with E-state index >= 15 is 0 Å². The van der Waals surface area contributed by atoms with Gasteiger partial charge in [0.15, 0.2) is 0 Å². The third-order valence-electron chi connectivity index (χ3n) is 1.65. The predicted molar refractivity (Wildman–Crippen MR) is 40.5 cm³/mol. The van der Waals surface area contributed by atoms with E-state index in [0.29, 0.717) is 13.2 Å². The lowest BCUT2D eigenvalue weighted by Gasteiger charge is -2.01. The van der Waals surface area contributed by atoms with Gasteiger partial charge in [-0.1, -0.05) is 13.3 Å². The third kappa shape index (κ3) is 2.48. The number of rotatable bonds is 5. The zero-order valence-electron chi connectivity index (χ0n) is 6.75. The molecule has 1 amide bonds. The zero-order valence-corrected chi connectivity index (χ0v) is 6.75. The minimum absolute atomic E-state index is 0.160. The van der Waals surface area contributed by atoms with Crippen molar-refractivity contribution in [3.05, 3.63) is 0 Å². The van der Waals surface area contributed by atoms with E-state index in [1.807, 2.05) is 0 Å². The molecular formula is C7H14N2O2. The Morgan fingerprint density at radius 1 is 1.82 bits per heavy atom. The van der Waals surface area contributed by atoms with Crippen molar-refractivity contribution < 1.29 is 9.63 Å². The van der Waals surface area contributed by atoms with Crippen LogP contribution in [0.15, 0.2) is 0 Å². The van der Waals surface area contributed by atoms with E-state index < -0.39 is 0 Å². The van der Waals surface area contributed by atoms with Crippen LogP contribution in [0.1, 0.15) is 19.8 Å². The first-order chi connectivity index (χ1) is 5.25. The van der Waals surface area contributed by atoms with Gasteiger partial charge >= 0.3 is 0 Å². The van der Waals surface area contributed by atoms with E-state index in [1.54, 1.807) is 5.06 Å². The van der Waals surface area contributed by atoms with Crippen LogP contribution >= 0.6 is 0 Å². The lowest BCUT2D eigenvalue weighted by Crippen LogP contribution is -2.22. The SMILES string of the molecule is CCCCON1CC1C(N)=O. The van der Waals surface area contributed by atoms with Crippen LogP contribution in [0.4, 0.5) is 0 Å². The van der Waals surface area contributed by atoms with Gasteiger partial charge in [0.2, 0.25) is 5.91 Å². The number of nitrogens with zero attached hydrogens (tertiary/aromatic N) is 1. The molecule has 0 aliphatic carbocycles. The van der Waals surface area contributed by atoms with Gasteiger partial charge in [0.1, 0.15) is 6.04 Å². The largest absolute Gasteiger partial charge is 0.368 e.